The highest BCUT2D eigenvalue weighted by molar-refractivity contribution is 5.41. The van der Waals surface area contributed by atoms with Gasteiger partial charge in [-0.1, -0.05) is 42.0 Å². The van der Waals surface area contributed by atoms with Crippen LogP contribution in [0.4, 0.5) is 0 Å². The van der Waals surface area contributed by atoms with Crippen molar-refractivity contribution in [1.82, 2.24) is 4.90 Å². The highest BCUT2D eigenvalue weighted by Crippen LogP contribution is 2.44. The van der Waals surface area contributed by atoms with Crippen molar-refractivity contribution >= 4 is 0 Å². The molecule has 3 nitrogen and oxygen atoms in total. The summed E-state index contributed by atoms with van der Waals surface area (Å²) in [4.78, 5) is 2.49. The lowest BCUT2D eigenvalue weighted by molar-refractivity contribution is -0.0551. The van der Waals surface area contributed by atoms with Crippen LogP contribution in [0.3, 0.4) is 0 Å². The van der Waals surface area contributed by atoms with Crippen molar-refractivity contribution < 1.29 is 9.84 Å². The molecular formula is C21H25NO2. The number of fused-ring (bicyclic) bond motifs is 1. The average Bonchev–Trinajstić information content (AvgIpc) is 2.59. The van der Waals surface area contributed by atoms with E-state index in [9.17, 15) is 5.11 Å². The van der Waals surface area contributed by atoms with Gasteiger partial charge < -0.3 is 9.84 Å². The minimum atomic E-state index is -0.408. The molecule has 4 rings (SSSR count). The number of hydrogen-bond donors (Lipinski definition) is 1. The van der Waals surface area contributed by atoms with Crippen molar-refractivity contribution in [2.24, 2.45) is 0 Å². The van der Waals surface area contributed by atoms with Gasteiger partial charge in [0, 0.05) is 31.6 Å². The number of piperidine rings is 1. The number of aryl methyl sites for hydroxylation is 1. The maximum absolute atomic E-state index is 10.6. The zero-order valence-electron chi connectivity index (χ0n) is 14.2. The van der Waals surface area contributed by atoms with Crippen molar-refractivity contribution in [3.05, 3.63) is 65.2 Å². The van der Waals surface area contributed by atoms with E-state index in [2.05, 4.69) is 54.3 Å². The molecule has 2 aliphatic heterocycles. The molecule has 2 heterocycles. The zero-order valence-corrected chi connectivity index (χ0v) is 14.2. The number of hydrogen-bond acceptors (Lipinski definition) is 3. The number of rotatable bonds is 2. The Morgan fingerprint density at radius 2 is 1.88 bits per heavy atom. The van der Waals surface area contributed by atoms with Crippen LogP contribution in [0.5, 0.6) is 5.75 Å². The van der Waals surface area contributed by atoms with Gasteiger partial charge in [0.05, 0.1) is 6.10 Å². The molecule has 0 radical (unpaired) electrons. The number of nitrogens with zero attached hydrogens (tertiary/aromatic N) is 1. The molecule has 1 atom stereocenters. The van der Waals surface area contributed by atoms with Crippen molar-refractivity contribution in [3.8, 4) is 5.75 Å². The summed E-state index contributed by atoms with van der Waals surface area (Å²) in [6, 6.07) is 16.8. The summed E-state index contributed by atoms with van der Waals surface area (Å²) in [5.41, 5.74) is 3.28. The fraction of sp³-hybridized carbons (Fsp3) is 0.429. The van der Waals surface area contributed by atoms with E-state index in [-0.39, 0.29) is 5.60 Å². The fourth-order valence-corrected chi connectivity index (χ4v) is 4.02. The SMILES string of the molecule is Cc1ccc2c(c1)C(O)CC1(CCN(Cc3ccccc3)CC1)O2. The first-order valence-electron chi connectivity index (χ1n) is 8.87. The van der Waals surface area contributed by atoms with Gasteiger partial charge in [-0.25, -0.2) is 0 Å². The van der Waals surface area contributed by atoms with E-state index in [0.29, 0.717) is 6.42 Å². The molecule has 1 unspecified atom stereocenters. The van der Waals surface area contributed by atoms with Gasteiger partial charge in [-0.15, -0.1) is 0 Å². The Kier molecular flexibility index (Phi) is 4.07. The minimum Gasteiger partial charge on any atom is -0.487 e. The summed E-state index contributed by atoms with van der Waals surface area (Å²) < 4.78 is 6.40. The second-order valence-electron chi connectivity index (χ2n) is 7.31. The predicted molar refractivity (Wildman–Crippen MR) is 95.1 cm³/mol. The largest absolute Gasteiger partial charge is 0.487 e. The normalized spacial score (nSPS) is 22.8. The Labute approximate surface area is 143 Å². The van der Waals surface area contributed by atoms with E-state index in [1.165, 1.54) is 11.1 Å². The summed E-state index contributed by atoms with van der Waals surface area (Å²) >= 11 is 0. The Bertz CT molecular complexity index is 705. The van der Waals surface area contributed by atoms with Crippen molar-refractivity contribution in [1.29, 1.82) is 0 Å². The molecule has 0 aromatic heterocycles. The molecule has 126 valence electrons. The first kappa shape index (κ1) is 15.7. The van der Waals surface area contributed by atoms with Crippen LogP contribution >= 0.6 is 0 Å². The summed E-state index contributed by atoms with van der Waals surface area (Å²) in [5, 5.41) is 10.6. The van der Waals surface area contributed by atoms with E-state index >= 15 is 0 Å². The van der Waals surface area contributed by atoms with Gasteiger partial charge >= 0.3 is 0 Å². The molecule has 1 N–H and O–H groups in total. The third-order valence-corrected chi connectivity index (χ3v) is 5.43. The molecule has 2 aromatic rings. The van der Waals surface area contributed by atoms with Crippen molar-refractivity contribution in [3.63, 3.8) is 0 Å². The Morgan fingerprint density at radius 3 is 2.62 bits per heavy atom. The summed E-state index contributed by atoms with van der Waals surface area (Å²) in [6.07, 6.45) is 2.26. The second-order valence-corrected chi connectivity index (χ2v) is 7.31. The molecular weight excluding hydrogens is 298 g/mol. The van der Waals surface area contributed by atoms with Crippen LogP contribution in [0.2, 0.25) is 0 Å². The first-order valence-corrected chi connectivity index (χ1v) is 8.87. The Balaban J connectivity index is 1.44. The fourth-order valence-electron chi connectivity index (χ4n) is 4.02. The van der Waals surface area contributed by atoms with Gasteiger partial charge in [0.25, 0.3) is 0 Å². The van der Waals surface area contributed by atoms with Gasteiger partial charge in [0.1, 0.15) is 11.4 Å². The zero-order chi connectivity index (χ0) is 16.6. The predicted octanol–water partition coefficient (Wildman–Crippen LogP) is 3.85. The number of aliphatic hydroxyl groups is 1. The molecule has 2 aromatic carbocycles. The van der Waals surface area contributed by atoms with Gasteiger partial charge in [-0.3, -0.25) is 4.90 Å². The molecule has 1 saturated heterocycles. The molecule has 0 bridgehead atoms. The van der Waals surface area contributed by atoms with E-state index in [4.69, 9.17) is 4.74 Å². The number of benzene rings is 2. The smallest absolute Gasteiger partial charge is 0.125 e. The lowest BCUT2D eigenvalue weighted by Crippen LogP contribution is -2.50. The quantitative estimate of drug-likeness (QED) is 0.911. The number of ether oxygens (including phenoxy) is 1. The highest BCUT2D eigenvalue weighted by Gasteiger charge is 2.42. The lowest BCUT2D eigenvalue weighted by Gasteiger charge is -2.46. The third kappa shape index (κ3) is 3.06. The molecule has 0 saturated carbocycles. The molecule has 2 aliphatic rings. The van der Waals surface area contributed by atoms with E-state index in [0.717, 1.165) is 43.8 Å². The number of likely N-dealkylation sites (tertiary alicyclic amines) is 1. The highest BCUT2D eigenvalue weighted by atomic mass is 16.5. The van der Waals surface area contributed by atoms with Gasteiger partial charge in [-0.05, 0) is 37.5 Å². The molecule has 3 heteroatoms. The van der Waals surface area contributed by atoms with Crippen LogP contribution in [0.1, 0.15) is 42.1 Å². The number of aliphatic hydroxyl groups excluding tert-OH is 1. The lowest BCUT2D eigenvalue weighted by atomic mass is 9.81. The minimum absolute atomic E-state index is 0.200. The topological polar surface area (TPSA) is 32.7 Å². The molecule has 1 spiro atoms. The average molecular weight is 323 g/mol. The van der Waals surface area contributed by atoms with Crippen molar-refractivity contribution in [2.75, 3.05) is 13.1 Å². The molecule has 0 amide bonds. The molecule has 1 fully saturated rings. The van der Waals surface area contributed by atoms with Crippen LogP contribution in [-0.2, 0) is 6.54 Å². The monoisotopic (exact) mass is 323 g/mol. The third-order valence-electron chi connectivity index (χ3n) is 5.43. The van der Waals surface area contributed by atoms with E-state index < -0.39 is 6.10 Å². The summed E-state index contributed by atoms with van der Waals surface area (Å²) in [7, 11) is 0. The van der Waals surface area contributed by atoms with E-state index in [1.54, 1.807) is 0 Å². The summed E-state index contributed by atoms with van der Waals surface area (Å²) in [5.74, 6) is 0.871. The van der Waals surface area contributed by atoms with Crippen LogP contribution in [0, 0.1) is 6.92 Å². The van der Waals surface area contributed by atoms with Gasteiger partial charge in [-0.2, -0.15) is 0 Å². The van der Waals surface area contributed by atoms with Crippen LogP contribution < -0.4 is 4.74 Å². The van der Waals surface area contributed by atoms with Crippen molar-refractivity contribution in [2.45, 2.75) is 44.4 Å². The Morgan fingerprint density at radius 1 is 1.12 bits per heavy atom. The van der Waals surface area contributed by atoms with Gasteiger partial charge in [0.15, 0.2) is 0 Å². The van der Waals surface area contributed by atoms with Crippen LogP contribution in [0.25, 0.3) is 0 Å². The Hall–Kier alpha value is -1.84. The molecule has 0 aliphatic carbocycles. The molecule has 24 heavy (non-hydrogen) atoms. The summed E-state index contributed by atoms with van der Waals surface area (Å²) in [6.45, 7) is 5.08. The van der Waals surface area contributed by atoms with Crippen LogP contribution in [0.15, 0.2) is 48.5 Å². The first-order chi connectivity index (χ1) is 11.6. The maximum Gasteiger partial charge on any atom is 0.125 e. The maximum atomic E-state index is 10.6. The second kappa shape index (κ2) is 6.23. The van der Waals surface area contributed by atoms with Gasteiger partial charge in [0.2, 0.25) is 0 Å². The standard InChI is InChI=1S/C21H25NO2/c1-16-7-8-20-18(13-16)19(23)14-21(24-20)9-11-22(12-10-21)15-17-5-3-2-4-6-17/h2-8,13,19,23H,9-12,14-15H2,1H3. The van der Waals surface area contributed by atoms with E-state index in [1.807, 2.05) is 6.07 Å². The van der Waals surface area contributed by atoms with Crippen LogP contribution in [-0.4, -0.2) is 28.7 Å².